The fourth-order valence-electron chi connectivity index (χ4n) is 4.30. The van der Waals surface area contributed by atoms with Crippen LogP contribution in [0, 0.1) is 0 Å². The third kappa shape index (κ3) is 3.23. The van der Waals surface area contributed by atoms with Crippen LogP contribution in [0.3, 0.4) is 0 Å². The molecule has 0 unspecified atom stereocenters. The second kappa shape index (κ2) is 6.75. The van der Waals surface area contributed by atoms with Gasteiger partial charge in [-0.1, -0.05) is 6.07 Å². The van der Waals surface area contributed by atoms with E-state index in [1.54, 1.807) is 0 Å². The van der Waals surface area contributed by atoms with Gasteiger partial charge in [-0.2, -0.15) is 0 Å². The van der Waals surface area contributed by atoms with Gasteiger partial charge >= 0.3 is 0 Å². The molecule has 4 heterocycles. The van der Waals surface area contributed by atoms with Gasteiger partial charge in [-0.05, 0) is 50.5 Å². The molecular weight excluding hydrogens is 290 g/mol. The van der Waals surface area contributed by atoms with Crippen molar-refractivity contribution in [2.45, 2.75) is 62.6 Å². The van der Waals surface area contributed by atoms with E-state index in [-0.39, 0.29) is 12.1 Å². The Hall–Kier alpha value is -1.17. The average Bonchev–Trinajstić information content (AvgIpc) is 2.59. The standard InChI is InChI=1S/C18H27N3O2/c19-16-4-2-10-21-12-23-18-15(3-1-9-20-18)13-5-7-14(8-6-13)22-11-17(16)21/h1,3,9,13-14,16-17H,2,4-8,10-12,19H2/t13-,14+,16-,17-/m0/s1. The van der Waals surface area contributed by atoms with Crippen LogP contribution in [-0.4, -0.2) is 48.0 Å². The van der Waals surface area contributed by atoms with Crippen LogP contribution in [0.25, 0.3) is 0 Å². The van der Waals surface area contributed by atoms with E-state index in [4.69, 9.17) is 15.2 Å². The van der Waals surface area contributed by atoms with Crippen LogP contribution in [0.4, 0.5) is 0 Å². The minimum Gasteiger partial charge on any atom is -0.461 e. The summed E-state index contributed by atoms with van der Waals surface area (Å²) in [4.78, 5) is 6.84. The van der Waals surface area contributed by atoms with Gasteiger partial charge in [-0.15, -0.1) is 0 Å². The van der Waals surface area contributed by atoms with Crippen molar-refractivity contribution in [2.24, 2.45) is 5.73 Å². The number of ether oxygens (including phenoxy) is 2. The lowest BCUT2D eigenvalue weighted by molar-refractivity contribution is -0.0465. The van der Waals surface area contributed by atoms with E-state index >= 15 is 0 Å². The number of fused-ring (bicyclic) bond motifs is 4. The topological polar surface area (TPSA) is 60.6 Å². The van der Waals surface area contributed by atoms with Gasteiger partial charge in [0.2, 0.25) is 5.88 Å². The summed E-state index contributed by atoms with van der Waals surface area (Å²) in [6.45, 7) is 2.32. The fourth-order valence-corrected chi connectivity index (χ4v) is 4.30. The first-order valence-corrected chi connectivity index (χ1v) is 9.00. The van der Waals surface area contributed by atoms with E-state index in [0.29, 0.717) is 18.8 Å². The highest BCUT2D eigenvalue weighted by Crippen LogP contribution is 2.38. The first-order valence-electron chi connectivity index (χ1n) is 9.00. The van der Waals surface area contributed by atoms with Gasteiger partial charge in [0.25, 0.3) is 0 Å². The first kappa shape index (κ1) is 15.4. The Morgan fingerprint density at radius 3 is 2.91 bits per heavy atom. The Kier molecular flexibility index (Phi) is 4.51. The van der Waals surface area contributed by atoms with Crippen molar-refractivity contribution < 1.29 is 9.47 Å². The molecule has 4 aliphatic rings. The molecule has 126 valence electrons. The fraction of sp³-hybridized carbons (Fsp3) is 0.722. The van der Waals surface area contributed by atoms with E-state index in [1.807, 2.05) is 12.3 Å². The molecule has 2 atom stereocenters. The molecule has 1 saturated heterocycles. The van der Waals surface area contributed by atoms with E-state index in [2.05, 4.69) is 16.0 Å². The first-order chi connectivity index (χ1) is 11.3. The van der Waals surface area contributed by atoms with Gasteiger partial charge in [-0.25, -0.2) is 4.98 Å². The largest absolute Gasteiger partial charge is 0.461 e. The average molecular weight is 317 g/mol. The molecule has 1 aliphatic carbocycles. The zero-order valence-electron chi connectivity index (χ0n) is 13.7. The maximum absolute atomic E-state index is 6.37. The molecule has 23 heavy (non-hydrogen) atoms. The predicted octanol–water partition coefficient (Wildman–Crippen LogP) is 2.27. The predicted molar refractivity (Wildman–Crippen MR) is 88.4 cm³/mol. The van der Waals surface area contributed by atoms with Crippen LogP contribution in [-0.2, 0) is 4.74 Å². The maximum atomic E-state index is 6.37. The second-order valence-corrected chi connectivity index (χ2v) is 7.16. The highest BCUT2D eigenvalue weighted by atomic mass is 16.5. The lowest BCUT2D eigenvalue weighted by Gasteiger charge is -2.41. The molecule has 0 spiro atoms. The van der Waals surface area contributed by atoms with Crippen molar-refractivity contribution in [1.29, 1.82) is 0 Å². The van der Waals surface area contributed by atoms with Crippen LogP contribution in [0.2, 0.25) is 0 Å². The Balaban J connectivity index is 1.61. The zero-order chi connectivity index (χ0) is 15.6. The van der Waals surface area contributed by atoms with Gasteiger partial charge in [-0.3, -0.25) is 4.90 Å². The minimum absolute atomic E-state index is 0.176. The molecule has 0 radical (unpaired) electrons. The Morgan fingerprint density at radius 1 is 1.17 bits per heavy atom. The molecular formula is C18H27N3O2. The van der Waals surface area contributed by atoms with Gasteiger partial charge in [0, 0.05) is 24.3 Å². The minimum atomic E-state index is 0.176. The molecule has 2 fully saturated rings. The third-order valence-corrected chi connectivity index (χ3v) is 5.73. The second-order valence-electron chi connectivity index (χ2n) is 7.16. The van der Waals surface area contributed by atoms with E-state index in [0.717, 1.165) is 57.6 Å². The molecule has 2 N–H and O–H groups in total. The lowest BCUT2D eigenvalue weighted by atomic mass is 9.83. The summed E-state index contributed by atoms with van der Waals surface area (Å²) in [7, 11) is 0. The molecule has 5 nitrogen and oxygen atoms in total. The van der Waals surface area contributed by atoms with E-state index in [9.17, 15) is 0 Å². The number of hydrogen-bond donors (Lipinski definition) is 1. The highest BCUT2D eigenvalue weighted by molar-refractivity contribution is 5.30. The SMILES string of the molecule is N[C@H]1CCCN2COc3ncccc3[C@H]3CC[C@H](CC3)OC[C@@H]12. The smallest absolute Gasteiger partial charge is 0.218 e. The van der Waals surface area contributed by atoms with Crippen molar-refractivity contribution in [2.75, 3.05) is 19.9 Å². The van der Waals surface area contributed by atoms with Crippen LogP contribution in [0.5, 0.6) is 5.88 Å². The van der Waals surface area contributed by atoms with Crippen molar-refractivity contribution in [3.8, 4) is 5.88 Å². The van der Waals surface area contributed by atoms with Gasteiger partial charge < -0.3 is 15.2 Å². The molecule has 3 aliphatic heterocycles. The molecule has 0 aromatic carbocycles. The Bertz CT molecular complexity index is 531. The number of rotatable bonds is 0. The van der Waals surface area contributed by atoms with Crippen LogP contribution >= 0.6 is 0 Å². The molecule has 5 heteroatoms. The lowest BCUT2D eigenvalue weighted by Crippen LogP contribution is -2.55. The van der Waals surface area contributed by atoms with Crippen molar-refractivity contribution in [1.82, 2.24) is 9.88 Å². The van der Waals surface area contributed by atoms with E-state index < -0.39 is 0 Å². The number of pyridine rings is 1. The monoisotopic (exact) mass is 317 g/mol. The summed E-state index contributed by atoms with van der Waals surface area (Å²) in [6.07, 6.45) is 9.00. The number of piperidine rings is 1. The molecule has 2 bridgehead atoms. The number of aromatic nitrogens is 1. The summed E-state index contributed by atoms with van der Waals surface area (Å²) in [5.74, 6) is 1.37. The number of hydrogen-bond acceptors (Lipinski definition) is 5. The summed E-state index contributed by atoms with van der Waals surface area (Å²) in [5.41, 5.74) is 7.64. The van der Waals surface area contributed by atoms with Crippen LogP contribution in [0.1, 0.15) is 50.0 Å². The number of nitrogens with two attached hydrogens (primary N) is 1. The van der Waals surface area contributed by atoms with Crippen LogP contribution in [0.15, 0.2) is 18.3 Å². The van der Waals surface area contributed by atoms with Crippen LogP contribution < -0.4 is 10.5 Å². The quantitative estimate of drug-likeness (QED) is 0.795. The summed E-state index contributed by atoms with van der Waals surface area (Å²) < 4.78 is 12.4. The normalized spacial score (nSPS) is 35.3. The molecule has 5 rings (SSSR count). The Labute approximate surface area is 138 Å². The van der Waals surface area contributed by atoms with Crippen molar-refractivity contribution in [3.05, 3.63) is 23.9 Å². The third-order valence-electron chi connectivity index (χ3n) is 5.73. The number of nitrogens with zero attached hydrogens (tertiary/aromatic N) is 2. The maximum Gasteiger partial charge on any atom is 0.218 e. The Morgan fingerprint density at radius 2 is 2.04 bits per heavy atom. The molecule has 0 amide bonds. The van der Waals surface area contributed by atoms with Gasteiger partial charge in [0.1, 0.15) is 6.73 Å². The highest BCUT2D eigenvalue weighted by Gasteiger charge is 2.33. The molecule has 1 aromatic heterocycles. The van der Waals surface area contributed by atoms with Crippen molar-refractivity contribution in [3.63, 3.8) is 0 Å². The van der Waals surface area contributed by atoms with Gasteiger partial charge in [0.05, 0.1) is 18.8 Å². The summed E-state index contributed by atoms with van der Waals surface area (Å²) >= 11 is 0. The van der Waals surface area contributed by atoms with E-state index in [1.165, 1.54) is 5.56 Å². The summed E-state index contributed by atoms with van der Waals surface area (Å²) in [6, 6.07) is 4.64. The zero-order valence-corrected chi connectivity index (χ0v) is 13.7. The van der Waals surface area contributed by atoms with Gasteiger partial charge in [0.15, 0.2) is 0 Å². The summed E-state index contributed by atoms with van der Waals surface area (Å²) in [5, 5.41) is 0. The van der Waals surface area contributed by atoms with Crippen molar-refractivity contribution >= 4 is 0 Å². The molecule has 1 aromatic rings. The molecule has 1 saturated carbocycles.